The number of nitrogens with zero attached hydrogens (tertiary/aromatic N) is 2. The molecule has 0 aromatic carbocycles. The fourth-order valence-electron chi connectivity index (χ4n) is 1.72. The van der Waals surface area contributed by atoms with E-state index in [0.717, 1.165) is 12.8 Å². The standard InChI is InChI=1S/C8H14N4O2/c9-5-8(1-3-13-4-2-8)6-11-7(10)12-14-6/h1-5,9H2,(H2,10,12). The summed E-state index contributed by atoms with van der Waals surface area (Å²) in [6.07, 6.45) is 1.62. The van der Waals surface area contributed by atoms with Crippen LogP contribution >= 0.6 is 0 Å². The molecule has 1 aromatic rings. The van der Waals surface area contributed by atoms with Gasteiger partial charge in [0, 0.05) is 19.8 Å². The second-order valence-electron chi connectivity index (χ2n) is 3.55. The normalized spacial score (nSPS) is 20.9. The zero-order valence-electron chi connectivity index (χ0n) is 7.90. The first-order chi connectivity index (χ1) is 6.77. The predicted octanol–water partition coefficient (Wildman–Crippen LogP) is -0.341. The quantitative estimate of drug-likeness (QED) is 0.674. The van der Waals surface area contributed by atoms with Crippen molar-refractivity contribution in [2.45, 2.75) is 18.3 Å². The van der Waals surface area contributed by atoms with E-state index < -0.39 is 0 Å². The third-order valence-corrected chi connectivity index (χ3v) is 2.74. The molecular weight excluding hydrogens is 184 g/mol. The van der Waals surface area contributed by atoms with Crippen molar-refractivity contribution in [2.75, 3.05) is 25.5 Å². The molecule has 0 radical (unpaired) electrons. The Bertz CT molecular complexity index is 306. The summed E-state index contributed by atoms with van der Waals surface area (Å²) in [5.41, 5.74) is 10.9. The molecule has 2 rings (SSSR count). The van der Waals surface area contributed by atoms with Crippen molar-refractivity contribution in [1.29, 1.82) is 0 Å². The molecule has 0 spiro atoms. The van der Waals surface area contributed by atoms with Gasteiger partial charge in [-0.25, -0.2) is 0 Å². The fraction of sp³-hybridized carbons (Fsp3) is 0.750. The maximum Gasteiger partial charge on any atom is 0.260 e. The Hall–Kier alpha value is -1.14. The molecule has 1 saturated heterocycles. The lowest BCUT2D eigenvalue weighted by Crippen LogP contribution is -2.40. The van der Waals surface area contributed by atoms with Crippen LogP contribution in [0.5, 0.6) is 0 Å². The van der Waals surface area contributed by atoms with Crippen molar-refractivity contribution in [3.63, 3.8) is 0 Å². The zero-order valence-corrected chi connectivity index (χ0v) is 7.90. The molecule has 6 nitrogen and oxygen atoms in total. The average Bonchev–Trinajstić information content (AvgIpc) is 2.66. The highest BCUT2D eigenvalue weighted by Crippen LogP contribution is 2.32. The number of aromatic nitrogens is 2. The van der Waals surface area contributed by atoms with Crippen LogP contribution in [-0.4, -0.2) is 29.9 Å². The summed E-state index contributed by atoms with van der Waals surface area (Å²) in [5.74, 6) is 0.708. The van der Waals surface area contributed by atoms with E-state index in [2.05, 4.69) is 10.1 Å². The van der Waals surface area contributed by atoms with Crippen LogP contribution in [0.1, 0.15) is 18.7 Å². The molecular formula is C8H14N4O2. The molecule has 1 aliphatic rings. The number of ether oxygens (including phenoxy) is 1. The highest BCUT2D eigenvalue weighted by molar-refractivity contribution is 5.16. The molecule has 78 valence electrons. The second kappa shape index (κ2) is 3.55. The van der Waals surface area contributed by atoms with Crippen molar-refractivity contribution in [1.82, 2.24) is 10.1 Å². The van der Waals surface area contributed by atoms with Crippen molar-refractivity contribution in [2.24, 2.45) is 5.73 Å². The van der Waals surface area contributed by atoms with E-state index in [1.54, 1.807) is 0 Å². The summed E-state index contributed by atoms with van der Waals surface area (Å²) in [6, 6.07) is 0. The first kappa shape index (κ1) is 9.42. The van der Waals surface area contributed by atoms with Gasteiger partial charge in [0.25, 0.3) is 5.95 Å². The largest absolute Gasteiger partial charge is 0.381 e. The Morgan fingerprint density at radius 3 is 2.57 bits per heavy atom. The van der Waals surface area contributed by atoms with Crippen molar-refractivity contribution in [3.8, 4) is 0 Å². The minimum absolute atomic E-state index is 0.166. The first-order valence-electron chi connectivity index (χ1n) is 4.64. The van der Waals surface area contributed by atoms with Crippen LogP contribution in [0.4, 0.5) is 5.95 Å². The lowest BCUT2D eigenvalue weighted by Gasteiger charge is -2.32. The number of nitrogens with two attached hydrogens (primary N) is 2. The van der Waals surface area contributed by atoms with Crippen LogP contribution < -0.4 is 11.5 Å². The van der Waals surface area contributed by atoms with Crippen LogP contribution in [0.15, 0.2) is 4.52 Å². The molecule has 14 heavy (non-hydrogen) atoms. The SMILES string of the molecule is NCC1(c2nc(N)no2)CCOCC1. The maximum atomic E-state index is 5.76. The van der Waals surface area contributed by atoms with Crippen LogP contribution in [0, 0.1) is 0 Å². The van der Waals surface area contributed by atoms with E-state index >= 15 is 0 Å². The van der Waals surface area contributed by atoms with Gasteiger partial charge in [0.05, 0.1) is 5.41 Å². The first-order valence-corrected chi connectivity index (χ1v) is 4.64. The van der Waals surface area contributed by atoms with E-state index in [-0.39, 0.29) is 11.4 Å². The number of nitrogen functional groups attached to an aromatic ring is 1. The highest BCUT2D eigenvalue weighted by Gasteiger charge is 2.38. The maximum absolute atomic E-state index is 5.76. The molecule has 2 heterocycles. The monoisotopic (exact) mass is 198 g/mol. The fourth-order valence-corrected chi connectivity index (χ4v) is 1.72. The minimum atomic E-state index is -0.233. The third-order valence-electron chi connectivity index (χ3n) is 2.74. The summed E-state index contributed by atoms with van der Waals surface area (Å²) in [7, 11) is 0. The van der Waals surface area contributed by atoms with Gasteiger partial charge >= 0.3 is 0 Å². The smallest absolute Gasteiger partial charge is 0.260 e. The molecule has 0 saturated carbocycles. The molecule has 0 amide bonds. The summed E-state index contributed by atoms with van der Waals surface area (Å²) in [6.45, 7) is 1.84. The number of rotatable bonds is 2. The number of anilines is 1. The van der Waals surface area contributed by atoms with Crippen LogP contribution in [0.3, 0.4) is 0 Å². The van der Waals surface area contributed by atoms with Gasteiger partial charge in [0.15, 0.2) is 0 Å². The Kier molecular flexibility index (Phi) is 2.39. The van der Waals surface area contributed by atoms with E-state index in [0.29, 0.717) is 25.6 Å². The number of hydrogen-bond donors (Lipinski definition) is 2. The van der Waals surface area contributed by atoms with E-state index in [1.807, 2.05) is 0 Å². The van der Waals surface area contributed by atoms with Crippen LogP contribution in [-0.2, 0) is 10.2 Å². The topological polar surface area (TPSA) is 100 Å². The molecule has 4 N–H and O–H groups in total. The Balaban J connectivity index is 2.26. The van der Waals surface area contributed by atoms with Crippen molar-refractivity contribution < 1.29 is 9.26 Å². The van der Waals surface area contributed by atoms with Gasteiger partial charge in [-0.15, -0.1) is 0 Å². The molecule has 6 heteroatoms. The average molecular weight is 198 g/mol. The second-order valence-corrected chi connectivity index (χ2v) is 3.55. The Labute approximate surface area is 81.6 Å². The van der Waals surface area contributed by atoms with Crippen molar-refractivity contribution in [3.05, 3.63) is 5.89 Å². The van der Waals surface area contributed by atoms with E-state index in [1.165, 1.54) is 0 Å². The number of hydrogen-bond acceptors (Lipinski definition) is 6. The molecule has 0 unspecified atom stereocenters. The van der Waals surface area contributed by atoms with Gasteiger partial charge in [0.1, 0.15) is 0 Å². The van der Waals surface area contributed by atoms with E-state index in [9.17, 15) is 0 Å². The third kappa shape index (κ3) is 1.46. The molecule has 1 fully saturated rings. The summed E-state index contributed by atoms with van der Waals surface area (Å²) >= 11 is 0. The van der Waals surface area contributed by atoms with Crippen LogP contribution in [0.25, 0.3) is 0 Å². The summed E-state index contributed by atoms with van der Waals surface area (Å²) in [5, 5.41) is 3.58. The van der Waals surface area contributed by atoms with E-state index in [4.69, 9.17) is 20.7 Å². The lowest BCUT2D eigenvalue weighted by atomic mass is 9.80. The minimum Gasteiger partial charge on any atom is -0.381 e. The molecule has 1 aliphatic heterocycles. The molecule has 0 bridgehead atoms. The Morgan fingerprint density at radius 1 is 1.36 bits per heavy atom. The lowest BCUT2D eigenvalue weighted by molar-refractivity contribution is 0.0409. The van der Waals surface area contributed by atoms with Gasteiger partial charge in [-0.3, -0.25) is 0 Å². The van der Waals surface area contributed by atoms with Crippen molar-refractivity contribution >= 4 is 5.95 Å². The van der Waals surface area contributed by atoms with Crippen LogP contribution in [0.2, 0.25) is 0 Å². The molecule has 0 aliphatic carbocycles. The predicted molar refractivity (Wildman–Crippen MR) is 49.5 cm³/mol. The molecule has 0 atom stereocenters. The van der Waals surface area contributed by atoms with Gasteiger partial charge in [-0.1, -0.05) is 0 Å². The summed E-state index contributed by atoms with van der Waals surface area (Å²) in [4.78, 5) is 4.04. The van der Waals surface area contributed by atoms with Gasteiger partial charge in [-0.05, 0) is 18.0 Å². The van der Waals surface area contributed by atoms with Gasteiger partial charge < -0.3 is 20.7 Å². The summed E-state index contributed by atoms with van der Waals surface area (Å²) < 4.78 is 10.4. The highest BCUT2D eigenvalue weighted by atomic mass is 16.5. The molecule has 1 aromatic heterocycles. The van der Waals surface area contributed by atoms with Gasteiger partial charge in [-0.2, -0.15) is 4.98 Å². The Morgan fingerprint density at radius 2 is 2.07 bits per heavy atom. The van der Waals surface area contributed by atoms with Gasteiger partial charge in [0.2, 0.25) is 5.89 Å². The zero-order chi connectivity index (χ0) is 10.0.